The molecule has 2 bridgehead atoms. The van der Waals surface area contributed by atoms with Crippen LogP contribution in [0.5, 0.6) is 0 Å². The summed E-state index contributed by atoms with van der Waals surface area (Å²) in [7, 11) is 0. The first-order valence-corrected chi connectivity index (χ1v) is 7.34. The Kier molecular flexibility index (Phi) is 2.35. The Bertz CT molecular complexity index is 639. The number of aromatic amines is 1. The van der Waals surface area contributed by atoms with Gasteiger partial charge < -0.3 is 4.98 Å². The van der Waals surface area contributed by atoms with Gasteiger partial charge in [-0.3, -0.25) is 4.99 Å². The lowest BCUT2D eigenvalue weighted by Gasteiger charge is -2.35. The average Bonchev–Trinajstić information content (AvgIpc) is 3.03. The predicted octanol–water partition coefficient (Wildman–Crippen LogP) is 4.11. The Balaban J connectivity index is 1.59. The third-order valence-electron chi connectivity index (χ3n) is 4.90. The molecular formula is C17H20N2. The van der Waals surface area contributed by atoms with E-state index in [9.17, 15) is 0 Å². The summed E-state index contributed by atoms with van der Waals surface area (Å²) in [6.07, 6.45) is 8.54. The van der Waals surface area contributed by atoms with Gasteiger partial charge >= 0.3 is 0 Å². The van der Waals surface area contributed by atoms with E-state index in [0.29, 0.717) is 5.54 Å². The van der Waals surface area contributed by atoms with Crippen LogP contribution in [-0.4, -0.2) is 16.2 Å². The Morgan fingerprint density at radius 2 is 2.21 bits per heavy atom. The first-order valence-electron chi connectivity index (χ1n) is 7.34. The zero-order valence-corrected chi connectivity index (χ0v) is 11.4. The van der Waals surface area contributed by atoms with Crippen molar-refractivity contribution in [1.82, 2.24) is 4.98 Å². The van der Waals surface area contributed by atoms with Crippen LogP contribution < -0.4 is 0 Å². The first kappa shape index (κ1) is 11.3. The number of H-pyrrole nitrogens is 1. The summed E-state index contributed by atoms with van der Waals surface area (Å²) in [6, 6.07) is 8.52. The molecule has 0 amide bonds. The highest BCUT2D eigenvalue weighted by Crippen LogP contribution is 2.54. The zero-order chi connectivity index (χ0) is 12.9. The highest BCUT2D eigenvalue weighted by atomic mass is 14.9. The van der Waals surface area contributed by atoms with Crippen LogP contribution in [0.15, 0.2) is 35.5 Å². The summed E-state index contributed by atoms with van der Waals surface area (Å²) in [6.45, 7) is 2.20. The molecule has 2 nitrogen and oxygen atoms in total. The van der Waals surface area contributed by atoms with Crippen LogP contribution in [0, 0.1) is 5.92 Å². The van der Waals surface area contributed by atoms with Crippen LogP contribution in [0.3, 0.4) is 0 Å². The van der Waals surface area contributed by atoms with Crippen molar-refractivity contribution in [3.8, 4) is 0 Å². The van der Waals surface area contributed by atoms with E-state index in [1.807, 2.05) is 0 Å². The summed E-state index contributed by atoms with van der Waals surface area (Å²) in [5, 5.41) is 1.34. The van der Waals surface area contributed by atoms with Crippen molar-refractivity contribution in [2.24, 2.45) is 10.9 Å². The van der Waals surface area contributed by atoms with E-state index in [1.165, 1.54) is 47.9 Å². The molecule has 3 aliphatic carbocycles. The third kappa shape index (κ3) is 1.81. The Morgan fingerprint density at radius 3 is 3.00 bits per heavy atom. The lowest BCUT2D eigenvalue weighted by atomic mass is 9.77. The van der Waals surface area contributed by atoms with Gasteiger partial charge in [-0.1, -0.05) is 18.2 Å². The van der Waals surface area contributed by atoms with E-state index in [-0.39, 0.29) is 0 Å². The molecule has 1 heterocycles. The molecule has 3 fully saturated rings. The molecule has 3 aliphatic rings. The highest BCUT2D eigenvalue weighted by molar-refractivity contribution is 5.91. The standard InChI is InChI=1S/C17H20N2/c1-12(19-17-7-6-13(9-17)10-17)8-14-11-18-16-5-3-2-4-15(14)16/h2-5,11,13,18H,6-10H2,1H3/b19-12+. The number of nitrogens with zero attached hydrogens (tertiary/aromatic N) is 1. The van der Waals surface area contributed by atoms with Crippen LogP contribution >= 0.6 is 0 Å². The van der Waals surface area contributed by atoms with E-state index in [2.05, 4.69) is 42.4 Å². The van der Waals surface area contributed by atoms with Gasteiger partial charge in [0.05, 0.1) is 5.54 Å². The smallest absolute Gasteiger partial charge is 0.0613 e. The molecule has 0 radical (unpaired) electrons. The fourth-order valence-electron chi connectivity index (χ4n) is 4.04. The van der Waals surface area contributed by atoms with E-state index in [4.69, 9.17) is 4.99 Å². The van der Waals surface area contributed by atoms with Gasteiger partial charge in [0.15, 0.2) is 0 Å². The number of aromatic nitrogens is 1. The fraction of sp³-hybridized carbons (Fsp3) is 0.471. The molecule has 0 unspecified atom stereocenters. The Morgan fingerprint density at radius 1 is 1.37 bits per heavy atom. The number of hydrogen-bond acceptors (Lipinski definition) is 1. The second kappa shape index (κ2) is 3.96. The molecule has 98 valence electrons. The normalized spacial score (nSPS) is 29.7. The highest BCUT2D eigenvalue weighted by Gasteiger charge is 2.50. The predicted molar refractivity (Wildman–Crippen MR) is 79.8 cm³/mol. The van der Waals surface area contributed by atoms with Gasteiger partial charge in [-0.25, -0.2) is 0 Å². The molecule has 3 saturated carbocycles. The van der Waals surface area contributed by atoms with Crippen LogP contribution in [0.1, 0.15) is 38.2 Å². The lowest BCUT2D eigenvalue weighted by molar-refractivity contribution is 0.250. The Hall–Kier alpha value is -1.57. The molecule has 1 aromatic carbocycles. The van der Waals surface area contributed by atoms with Crippen molar-refractivity contribution < 1.29 is 0 Å². The molecule has 19 heavy (non-hydrogen) atoms. The number of rotatable bonds is 3. The maximum Gasteiger partial charge on any atom is 0.0613 e. The van der Waals surface area contributed by atoms with Gasteiger partial charge in [-0.15, -0.1) is 0 Å². The Labute approximate surface area is 113 Å². The number of nitrogens with one attached hydrogen (secondary N) is 1. The number of hydrogen-bond donors (Lipinski definition) is 1. The van der Waals surface area contributed by atoms with Crippen LogP contribution in [-0.2, 0) is 6.42 Å². The third-order valence-corrected chi connectivity index (χ3v) is 4.90. The van der Waals surface area contributed by atoms with Gasteiger partial charge in [0, 0.05) is 29.2 Å². The molecule has 1 N–H and O–H groups in total. The van der Waals surface area contributed by atoms with Crippen molar-refractivity contribution in [3.63, 3.8) is 0 Å². The minimum Gasteiger partial charge on any atom is -0.361 e. The van der Waals surface area contributed by atoms with E-state index in [1.54, 1.807) is 0 Å². The van der Waals surface area contributed by atoms with E-state index >= 15 is 0 Å². The quantitative estimate of drug-likeness (QED) is 0.796. The molecule has 1 aromatic heterocycles. The molecule has 0 saturated heterocycles. The van der Waals surface area contributed by atoms with Gasteiger partial charge in [0.1, 0.15) is 0 Å². The van der Waals surface area contributed by atoms with Gasteiger partial charge in [0.25, 0.3) is 0 Å². The summed E-state index contributed by atoms with van der Waals surface area (Å²) < 4.78 is 0. The summed E-state index contributed by atoms with van der Waals surface area (Å²) in [5.41, 5.74) is 4.25. The molecule has 0 spiro atoms. The maximum atomic E-state index is 5.06. The minimum atomic E-state index is 0.348. The molecule has 2 aromatic rings. The molecule has 0 aliphatic heterocycles. The zero-order valence-electron chi connectivity index (χ0n) is 11.4. The minimum absolute atomic E-state index is 0.348. The molecular weight excluding hydrogens is 232 g/mol. The SMILES string of the molecule is C/C(Cc1c[nH]c2ccccc12)=N\C12CCC(C1)C2. The second-order valence-corrected chi connectivity index (χ2v) is 6.42. The van der Waals surface area contributed by atoms with Crippen molar-refractivity contribution in [2.45, 2.75) is 44.6 Å². The summed E-state index contributed by atoms with van der Waals surface area (Å²) in [5.74, 6) is 0.990. The van der Waals surface area contributed by atoms with Gasteiger partial charge in [0.2, 0.25) is 0 Å². The van der Waals surface area contributed by atoms with Crippen molar-refractivity contribution >= 4 is 16.6 Å². The monoisotopic (exact) mass is 252 g/mol. The summed E-state index contributed by atoms with van der Waals surface area (Å²) >= 11 is 0. The van der Waals surface area contributed by atoms with Crippen molar-refractivity contribution in [3.05, 3.63) is 36.0 Å². The van der Waals surface area contributed by atoms with Crippen molar-refractivity contribution in [2.75, 3.05) is 0 Å². The second-order valence-electron chi connectivity index (χ2n) is 6.42. The molecule has 0 atom stereocenters. The molecule has 2 heteroatoms. The van der Waals surface area contributed by atoms with Crippen molar-refractivity contribution in [1.29, 1.82) is 0 Å². The number of aliphatic imine (C=N–C) groups is 1. The largest absolute Gasteiger partial charge is 0.361 e. The van der Waals surface area contributed by atoms with Gasteiger partial charge in [-0.05, 0) is 50.2 Å². The number of benzene rings is 1. The van der Waals surface area contributed by atoms with Gasteiger partial charge in [-0.2, -0.15) is 0 Å². The molecule has 5 rings (SSSR count). The maximum absolute atomic E-state index is 5.06. The topological polar surface area (TPSA) is 28.1 Å². The number of fused-ring (bicyclic) bond motifs is 2. The fourth-order valence-corrected chi connectivity index (χ4v) is 4.04. The lowest BCUT2D eigenvalue weighted by Crippen LogP contribution is -2.33. The van der Waals surface area contributed by atoms with E-state index in [0.717, 1.165) is 12.3 Å². The summed E-state index contributed by atoms with van der Waals surface area (Å²) in [4.78, 5) is 8.41. The average molecular weight is 252 g/mol. The van der Waals surface area contributed by atoms with Crippen LogP contribution in [0.4, 0.5) is 0 Å². The first-order chi connectivity index (χ1) is 9.24. The van der Waals surface area contributed by atoms with E-state index < -0.39 is 0 Å². The van der Waals surface area contributed by atoms with Crippen LogP contribution in [0.25, 0.3) is 10.9 Å². The van der Waals surface area contributed by atoms with Crippen LogP contribution in [0.2, 0.25) is 0 Å². The number of para-hydroxylation sites is 1.